The van der Waals surface area contributed by atoms with E-state index in [1.807, 2.05) is 0 Å². The van der Waals surface area contributed by atoms with E-state index in [4.69, 9.17) is 4.74 Å². The molecule has 0 atom stereocenters. The van der Waals surface area contributed by atoms with E-state index < -0.39 is 22.2 Å². The van der Waals surface area contributed by atoms with Crippen molar-refractivity contribution in [3.05, 3.63) is 69.8 Å². The first-order valence-electron chi connectivity index (χ1n) is 5.38. The number of benzene rings is 2. The van der Waals surface area contributed by atoms with Gasteiger partial charge in [-0.15, -0.1) is 0 Å². The van der Waals surface area contributed by atoms with Crippen LogP contribution in [-0.2, 0) is 6.61 Å². The van der Waals surface area contributed by atoms with Gasteiger partial charge in [-0.25, -0.2) is 4.39 Å². The van der Waals surface area contributed by atoms with Gasteiger partial charge >= 0.3 is 5.69 Å². The first-order chi connectivity index (χ1) is 9.09. The Bertz CT molecular complexity index is 617. The maximum Gasteiger partial charge on any atom is 0.305 e. The van der Waals surface area contributed by atoms with Crippen LogP contribution in [-0.4, -0.2) is 4.92 Å². The minimum Gasteiger partial charge on any atom is -0.486 e. The molecular formula is C13H9F2NO3. The first kappa shape index (κ1) is 12.9. The van der Waals surface area contributed by atoms with Gasteiger partial charge in [0.1, 0.15) is 6.61 Å². The lowest BCUT2D eigenvalue weighted by atomic mass is 10.2. The molecule has 0 aliphatic rings. The van der Waals surface area contributed by atoms with E-state index in [0.717, 1.165) is 6.07 Å². The van der Waals surface area contributed by atoms with Gasteiger partial charge < -0.3 is 4.74 Å². The molecule has 0 unspecified atom stereocenters. The molecule has 0 fully saturated rings. The lowest BCUT2D eigenvalue weighted by Crippen LogP contribution is -2.02. The van der Waals surface area contributed by atoms with Gasteiger partial charge in [-0.1, -0.05) is 24.3 Å². The second-order valence-corrected chi connectivity index (χ2v) is 3.73. The van der Waals surface area contributed by atoms with Crippen LogP contribution < -0.4 is 4.74 Å². The Balaban J connectivity index is 2.19. The van der Waals surface area contributed by atoms with Gasteiger partial charge in [0.05, 0.1) is 4.92 Å². The van der Waals surface area contributed by atoms with Crippen molar-refractivity contribution in [3.8, 4) is 5.75 Å². The molecular weight excluding hydrogens is 256 g/mol. The second kappa shape index (κ2) is 5.43. The SMILES string of the molecule is O=[N+]([O-])c1cccc(COc2ccccc2F)c1F. The Labute approximate surface area is 107 Å². The zero-order valence-corrected chi connectivity index (χ0v) is 9.68. The van der Waals surface area contributed by atoms with Crippen LogP contribution in [0.15, 0.2) is 42.5 Å². The number of nitro groups is 1. The molecule has 0 aromatic heterocycles. The Morgan fingerprint density at radius 3 is 2.53 bits per heavy atom. The van der Waals surface area contributed by atoms with Gasteiger partial charge in [0.2, 0.25) is 5.82 Å². The molecule has 98 valence electrons. The summed E-state index contributed by atoms with van der Waals surface area (Å²) in [7, 11) is 0. The van der Waals surface area contributed by atoms with Crippen LogP contribution in [0, 0.1) is 21.7 Å². The average Bonchev–Trinajstić information content (AvgIpc) is 2.39. The molecule has 2 rings (SSSR count). The molecule has 2 aromatic rings. The molecule has 0 saturated carbocycles. The zero-order chi connectivity index (χ0) is 13.8. The highest BCUT2D eigenvalue weighted by atomic mass is 19.1. The van der Waals surface area contributed by atoms with Gasteiger partial charge in [-0.05, 0) is 12.1 Å². The molecule has 19 heavy (non-hydrogen) atoms. The fourth-order valence-corrected chi connectivity index (χ4v) is 1.54. The summed E-state index contributed by atoms with van der Waals surface area (Å²) < 4.78 is 32.1. The van der Waals surface area contributed by atoms with Crippen LogP contribution in [0.1, 0.15) is 5.56 Å². The summed E-state index contributed by atoms with van der Waals surface area (Å²) in [6.07, 6.45) is 0. The van der Waals surface area contributed by atoms with Crippen molar-refractivity contribution in [3.63, 3.8) is 0 Å². The minimum absolute atomic E-state index is 0.00236. The molecule has 0 spiro atoms. The summed E-state index contributed by atoms with van der Waals surface area (Å²) in [5.74, 6) is -1.58. The van der Waals surface area contributed by atoms with Crippen molar-refractivity contribution in [2.75, 3.05) is 0 Å². The number of nitrogens with zero attached hydrogens (tertiary/aromatic N) is 1. The van der Waals surface area contributed by atoms with Gasteiger partial charge in [0.15, 0.2) is 11.6 Å². The fourth-order valence-electron chi connectivity index (χ4n) is 1.54. The van der Waals surface area contributed by atoms with Crippen molar-refractivity contribution in [2.45, 2.75) is 6.61 Å². The van der Waals surface area contributed by atoms with Crippen LogP contribution in [0.5, 0.6) is 5.75 Å². The second-order valence-electron chi connectivity index (χ2n) is 3.73. The normalized spacial score (nSPS) is 10.2. The molecule has 0 saturated heterocycles. The van der Waals surface area contributed by atoms with Crippen molar-refractivity contribution in [2.24, 2.45) is 0 Å². The third kappa shape index (κ3) is 2.85. The van der Waals surface area contributed by atoms with E-state index in [0.29, 0.717) is 0 Å². The number of hydrogen-bond donors (Lipinski definition) is 0. The third-order valence-corrected chi connectivity index (χ3v) is 2.47. The smallest absolute Gasteiger partial charge is 0.305 e. The van der Waals surface area contributed by atoms with Crippen molar-refractivity contribution in [1.29, 1.82) is 0 Å². The molecule has 6 heteroatoms. The lowest BCUT2D eigenvalue weighted by Gasteiger charge is -2.07. The van der Waals surface area contributed by atoms with Crippen molar-refractivity contribution < 1.29 is 18.4 Å². The van der Waals surface area contributed by atoms with Crippen molar-refractivity contribution in [1.82, 2.24) is 0 Å². The highest BCUT2D eigenvalue weighted by Gasteiger charge is 2.17. The number of halogens is 2. The number of rotatable bonds is 4. The number of nitro benzene ring substituents is 1. The summed E-state index contributed by atoms with van der Waals surface area (Å²) in [6, 6.07) is 9.43. The van der Waals surface area contributed by atoms with Crippen LogP contribution in [0.25, 0.3) is 0 Å². The van der Waals surface area contributed by atoms with E-state index in [2.05, 4.69) is 0 Å². The predicted molar refractivity (Wildman–Crippen MR) is 63.8 cm³/mol. The molecule has 2 aromatic carbocycles. The Hall–Kier alpha value is -2.50. The van der Waals surface area contributed by atoms with Crippen molar-refractivity contribution >= 4 is 5.69 Å². The summed E-state index contributed by atoms with van der Waals surface area (Å²) in [4.78, 5) is 9.75. The molecule has 0 amide bonds. The summed E-state index contributed by atoms with van der Waals surface area (Å²) in [5, 5.41) is 10.6. The Morgan fingerprint density at radius 2 is 1.84 bits per heavy atom. The summed E-state index contributed by atoms with van der Waals surface area (Å²) in [6.45, 7) is -0.283. The summed E-state index contributed by atoms with van der Waals surface area (Å²) in [5.41, 5.74) is -0.632. The zero-order valence-electron chi connectivity index (χ0n) is 9.68. The van der Waals surface area contributed by atoms with Gasteiger partial charge in [-0.3, -0.25) is 10.1 Å². The first-order valence-corrected chi connectivity index (χ1v) is 5.38. The van der Waals surface area contributed by atoms with Gasteiger partial charge in [0.25, 0.3) is 0 Å². The topological polar surface area (TPSA) is 52.4 Å². The minimum atomic E-state index is -0.969. The molecule has 0 heterocycles. The van der Waals surface area contributed by atoms with Crippen LogP contribution in [0.3, 0.4) is 0 Å². The van der Waals surface area contributed by atoms with Gasteiger partial charge in [-0.2, -0.15) is 4.39 Å². The van der Waals surface area contributed by atoms with Crippen LogP contribution in [0.2, 0.25) is 0 Å². The van der Waals surface area contributed by atoms with E-state index in [1.54, 1.807) is 6.07 Å². The highest BCUT2D eigenvalue weighted by Crippen LogP contribution is 2.22. The standard InChI is InChI=1S/C13H9F2NO3/c14-10-5-1-2-7-12(10)19-8-9-4-3-6-11(13(9)15)16(17)18/h1-7H,8H2. The summed E-state index contributed by atoms with van der Waals surface area (Å²) >= 11 is 0. The molecule has 0 aliphatic carbocycles. The molecule has 0 radical (unpaired) electrons. The number of para-hydroxylation sites is 1. The fraction of sp³-hybridized carbons (Fsp3) is 0.0769. The van der Waals surface area contributed by atoms with E-state index in [1.165, 1.54) is 30.3 Å². The lowest BCUT2D eigenvalue weighted by molar-refractivity contribution is -0.387. The van der Waals surface area contributed by atoms with E-state index in [9.17, 15) is 18.9 Å². The number of ether oxygens (including phenoxy) is 1. The van der Waals surface area contributed by atoms with E-state index in [-0.39, 0.29) is 17.9 Å². The predicted octanol–water partition coefficient (Wildman–Crippen LogP) is 3.45. The number of hydrogen-bond acceptors (Lipinski definition) is 3. The molecule has 0 N–H and O–H groups in total. The quantitative estimate of drug-likeness (QED) is 0.628. The Kier molecular flexibility index (Phi) is 3.70. The largest absolute Gasteiger partial charge is 0.486 e. The molecule has 4 nitrogen and oxygen atoms in total. The van der Waals surface area contributed by atoms with Crippen LogP contribution >= 0.6 is 0 Å². The average molecular weight is 265 g/mol. The van der Waals surface area contributed by atoms with Gasteiger partial charge in [0, 0.05) is 11.6 Å². The van der Waals surface area contributed by atoms with Crippen LogP contribution in [0.4, 0.5) is 14.5 Å². The third-order valence-electron chi connectivity index (χ3n) is 2.47. The highest BCUT2D eigenvalue weighted by molar-refractivity contribution is 5.36. The maximum absolute atomic E-state index is 13.7. The Morgan fingerprint density at radius 1 is 1.11 bits per heavy atom. The monoisotopic (exact) mass is 265 g/mol. The maximum atomic E-state index is 13.7. The molecule has 0 bridgehead atoms. The van der Waals surface area contributed by atoms with E-state index >= 15 is 0 Å². The molecule has 0 aliphatic heterocycles.